The Bertz CT molecular complexity index is 927. The predicted octanol–water partition coefficient (Wildman–Crippen LogP) is 4.03. The van der Waals surface area contributed by atoms with Gasteiger partial charge in [0.15, 0.2) is 6.10 Å². The SMILES string of the molecule is Cc1cc2n(n1)[C@@H](C(F)F)C[C@@H](C1CCN(C(=O)C(C)Oc3cccc(F)c3)CC1)N2. The summed E-state index contributed by atoms with van der Waals surface area (Å²) in [6.45, 7) is 4.52. The molecule has 9 heteroatoms. The van der Waals surface area contributed by atoms with Crippen molar-refractivity contribution < 1.29 is 22.7 Å². The third-order valence-electron chi connectivity index (χ3n) is 6.17. The van der Waals surface area contributed by atoms with Crippen molar-refractivity contribution >= 4 is 11.7 Å². The molecule has 0 aliphatic carbocycles. The van der Waals surface area contributed by atoms with Gasteiger partial charge in [-0.15, -0.1) is 0 Å². The number of carbonyl (C=O) groups excluding carboxylic acids is 1. The van der Waals surface area contributed by atoms with Crippen molar-refractivity contribution in [2.45, 2.75) is 57.7 Å². The van der Waals surface area contributed by atoms with E-state index in [1.54, 1.807) is 30.9 Å². The Hall–Kier alpha value is -2.71. The van der Waals surface area contributed by atoms with E-state index in [0.717, 1.165) is 12.8 Å². The van der Waals surface area contributed by atoms with E-state index in [0.29, 0.717) is 36.8 Å². The van der Waals surface area contributed by atoms with E-state index in [1.807, 2.05) is 0 Å². The average Bonchev–Trinajstić information content (AvgIpc) is 3.12. The van der Waals surface area contributed by atoms with Crippen molar-refractivity contribution in [2.24, 2.45) is 5.92 Å². The first-order valence-electron chi connectivity index (χ1n) is 10.6. The van der Waals surface area contributed by atoms with E-state index in [9.17, 15) is 18.0 Å². The lowest BCUT2D eigenvalue weighted by Gasteiger charge is -2.40. The van der Waals surface area contributed by atoms with Gasteiger partial charge in [-0.3, -0.25) is 4.79 Å². The zero-order chi connectivity index (χ0) is 22.1. The molecular formula is C22H27F3N4O2. The standard InChI is InChI=1S/C22H27F3N4O2/c1-13-10-20-26-18(12-19(21(24)25)29(20)27-13)15-6-8-28(9-7-15)22(30)14(2)31-17-5-3-4-16(23)11-17/h3-5,10-11,14-15,18-19,21,26H,6-9,12H2,1-2H3/t14?,18-,19+/m0/s1. The minimum absolute atomic E-state index is 0.0826. The Kier molecular flexibility index (Phi) is 6.11. The maximum absolute atomic E-state index is 13.6. The van der Waals surface area contributed by atoms with Crippen LogP contribution in [0.25, 0.3) is 0 Å². The van der Waals surface area contributed by atoms with E-state index < -0.39 is 24.4 Å². The van der Waals surface area contributed by atoms with Crippen LogP contribution in [0.5, 0.6) is 5.75 Å². The highest BCUT2D eigenvalue weighted by Crippen LogP contribution is 2.37. The molecule has 168 valence electrons. The number of aromatic nitrogens is 2. The number of carbonyl (C=O) groups is 1. The molecule has 3 atom stereocenters. The molecule has 1 fully saturated rings. The lowest BCUT2D eigenvalue weighted by molar-refractivity contribution is -0.139. The Morgan fingerprint density at radius 1 is 1.26 bits per heavy atom. The van der Waals surface area contributed by atoms with Gasteiger partial charge in [0.25, 0.3) is 12.3 Å². The molecule has 2 aliphatic heterocycles. The molecule has 1 amide bonds. The zero-order valence-electron chi connectivity index (χ0n) is 17.6. The number of fused-ring (bicyclic) bond motifs is 1. The van der Waals surface area contributed by atoms with E-state index in [2.05, 4.69) is 10.4 Å². The van der Waals surface area contributed by atoms with Gasteiger partial charge in [0, 0.05) is 31.3 Å². The normalized spacial score (nSPS) is 22.7. The quantitative estimate of drug-likeness (QED) is 0.769. The summed E-state index contributed by atoms with van der Waals surface area (Å²) in [6, 6.07) is 6.48. The van der Waals surface area contributed by atoms with Gasteiger partial charge in [0.1, 0.15) is 23.4 Å². The maximum Gasteiger partial charge on any atom is 0.263 e. The fourth-order valence-electron chi connectivity index (χ4n) is 4.58. The number of anilines is 1. The average molecular weight is 436 g/mol. The minimum atomic E-state index is -2.48. The number of hydrogen-bond acceptors (Lipinski definition) is 4. The summed E-state index contributed by atoms with van der Waals surface area (Å²) in [7, 11) is 0. The van der Waals surface area contributed by atoms with Crippen molar-refractivity contribution in [3.63, 3.8) is 0 Å². The highest BCUT2D eigenvalue weighted by Gasteiger charge is 2.38. The number of halogens is 3. The molecular weight excluding hydrogens is 409 g/mol. The summed E-state index contributed by atoms with van der Waals surface area (Å²) in [5, 5.41) is 7.59. The molecule has 1 aromatic heterocycles. The number of amides is 1. The van der Waals surface area contributed by atoms with Crippen LogP contribution in [0.2, 0.25) is 0 Å². The van der Waals surface area contributed by atoms with Crippen LogP contribution in [0.3, 0.4) is 0 Å². The number of benzene rings is 1. The Labute approximate surface area is 179 Å². The van der Waals surface area contributed by atoms with Crippen LogP contribution in [-0.4, -0.2) is 52.2 Å². The van der Waals surface area contributed by atoms with Gasteiger partial charge in [0.2, 0.25) is 0 Å². The number of likely N-dealkylation sites (tertiary alicyclic amines) is 1. The molecule has 0 bridgehead atoms. The molecule has 0 spiro atoms. The van der Waals surface area contributed by atoms with Crippen molar-refractivity contribution in [3.8, 4) is 5.75 Å². The number of alkyl halides is 2. The summed E-state index contributed by atoms with van der Waals surface area (Å²) in [5.74, 6) is 0.561. The molecule has 31 heavy (non-hydrogen) atoms. The van der Waals surface area contributed by atoms with Crippen LogP contribution in [0, 0.1) is 18.7 Å². The Balaban J connectivity index is 1.34. The number of ether oxygens (including phenoxy) is 1. The zero-order valence-corrected chi connectivity index (χ0v) is 17.6. The Morgan fingerprint density at radius 3 is 2.68 bits per heavy atom. The van der Waals surface area contributed by atoms with Crippen LogP contribution in [0.1, 0.15) is 37.9 Å². The fourth-order valence-corrected chi connectivity index (χ4v) is 4.58. The van der Waals surface area contributed by atoms with Crippen LogP contribution in [0.4, 0.5) is 19.0 Å². The molecule has 2 aromatic rings. The number of aryl methyl sites for hydroxylation is 1. The third-order valence-corrected chi connectivity index (χ3v) is 6.17. The number of nitrogens with zero attached hydrogens (tertiary/aromatic N) is 3. The lowest BCUT2D eigenvalue weighted by Crippen LogP contribution is -2.48. The van der Waals surface area contributed by atoms with E-state index in [4.69, 9.17) is 4.74 Å². The predicted molar refractivity (Wildman–Crippen MR) is 110 cm³/mol. The number of piperidine rings is 1. The molecule has 0 saturated carbocycles. The first-order chi connectivity index (χ1) is 14.8. The number of hydrogen-bond donors (Lipinski definition) is 1. The monoisotopic (exact) mass is 436 g/mol. The highest BCUT2D eigenvalue weighted by atomic mass is 19.3. The van der Waals surface area contributed by atoms with Crippen LogP contribution in [-0.2, 0) is 4.79 Å². The smallest absolute Gasteiger partial charge is 0.263 e. The second-order valence-electron chi connectivity index (χ2n) is 8.38. The largest absolute Gasteiger partial charge is 0.481 e. The van der Waals surface area contributed by atoms with Gasteiger partial charge < -0.3 is 15.0 Å². The maximum atomic E-state index is 13.6. The van der Waals surface area contributed by atoms with E-state index >= 15 is 0 Å². The first-order valence-corrected chi connectivity index (χ1v) is 10.6. The van der Waals surface area contributed by atoms with Gasteiger partial charge in [-0.05, 0) is 51.2 Å². The molecule has 1 aromatic carbocycles. The molecule has 2 aliphatic rings. The van der Waals surface area contributed by atoms with Gasteiger partial charge in [-0.2, -0.15) is 5.10 Å². The summed E-state index contributed by atoms with van der Waals surface area (Å²) in [5.41, 5.74) is 0.710. The lowest BCUT2D eigenvalue weighted by atomic mass is 9.85. The van der Waals surface area contributed by atoms with Crippen LogP contribution < -0.4 is 10.1 Å². The summed E-state index contributed by atoms with van der Waals surface area (Å²) < 4.78 is 47.6. The molecule has 1 unspecified atom stereocenters. The molecule has 0 radical (unpaired) electrons. The van der Waals surface area contributed by atoms with Gasteiger partial charge in [-0.25, -0.2) is 17.9 Å². The minimum Gasteiger partial charge on any atom is -0.481 e. The van der Waals surface area contributed by atoms with Gasteiger partial charge in [0.05, 0.1) is 5.69 Å². The van der Waals surface area contributed by atoms with Crippen LogP contribution in [0.15, 0.2) is 30.3 Å². The van der Waals surface area contributed by atoms with Gasteiger partial charge in [-0.1, -0.05) is 6.07 Å². The van der Waals surface area contributed by atoms with Gasteiger partial charge >= 0.3 is 0 Å². The fraction of sp³-hybridized carbons (Fsp3) is 0.545. The highest BCUT2D eigenvalue weighted by molar-refractivity contribution is 5.81. The second kappa shape index (κ2) is 8.80. The summed E-state index contributed by atoms with van der Waals surface area (Å²) >= 11 is 0. The van der Waals surface area contributed by atoms with Crippen molar-refractivity contribution in [3.05, 3.63) is 41.8 Å². The molecule has 3 heterocycles. The summed E-state index contributed by atoms with van der Waals surface area (Å²) in [6.07, 6.45) is -1.46. The van der Waals surface area contributed by atoms with E-state index in [1.165, 1.54) is 22.9 Å². The Morgan fingerprint density at radius 2 is 2.00 bits per heavy atom. The molecule has 4 rings (SSSR count). The van der Waals surface area contributed by atoms with Crippen molar-refractivity contribution in [1.29, 1.82) is 0 Å². The molecule has 1 saturated heterocycles. The first kappa shape index (κ1) is 21.5. The van der Waals surface area contributed by atoms with Crippen molar-refractivity contribution in [2.75, 3.05) is 18.4 Å². The number of rotatable bonds is 5. The van der Waals surface area contributed by atoms with E-state index in [-0.39, 0.29) is 17.9 Å². The second-order valence-corrected chi connectivity index (χ2v) is 8.38. The topological polar surface area (TPSA) is 59.4 Å². The molecule has 6 nitrogen and oxygen atoms in total. The van der Waals surface area contributed by atoms with Crippen molar-refractivity contribution in [1.82, 2.24) is 14.7 Å². The summed E-state index contributed by atoms with van der Waals surface area (Å²) in [4.78, 5) is 14.5. The number of nitrogens with one attached hydrogen (secondary N) is 1. The third kappa shape index (κ3) is 4.65. The van der Waals surface area contributed by atoms with Crippen LogP contribution >= 0.6 is 0 Å². The molecule has 1 N–H and O–H groups in total.